The Labute approximate surface area is 120 Å². The summed E-state index contributed by atoms with van der Waals surface area (Å²) in [4.78, 5) is 8.67. The molecule has 0 saturated carbocycles. The molecular formula is C16H21N3O. The van der Waals surface area contributed by atoms with E-state index in [1.165, 1.54) is 5.56 Å². The third-order valence-electron chi connectivity index (χ3n) is 2.99. The van der Waals surface area contributed by atoms with E-state index in [0.29, 0.717) is 6.61 Å². The molecule has 0 atom stereocenters. The maximum atomic E-state index is 5.81. The molecule has 0 aliphatic rings. The Morgan fingerprint density at radius 2 is 1.95 bits per heavy atom. The maximum Gasteiger partial charge on any atom is 0.144 e. The van der Waals surface area contributed by atoms with E-state index in [0.717, 1.165) is 36.6 Å². The van der Waals surface area contributed by atoms with Gasteiger partial charge in [0.1, 0.15) is 18.2 Å². The topological polar surface area (TPSA) is 47.0 Å². The second kappa shape index (κ2) is 7.48. The van der Waals surface area contributed by atoms with E-state index in [4.69, 9.17) is 4.74 Å². The highest BCUT2D eigenvalue weighted by Crippen LogP contribution is 2.19. The van der Waals surface area contributed by atoms with Crippen LogP contribution in [0.25, 0.3) is 0 Å². The number of anilines is 1. The van der Waals surface area contributed by atoms with Crippen molar-refractivity contribution in [2.45, 2.75) is 33.3 Å². The van der Waals surface area contributed by atoms with Crippen molar-refractivity contribution in [2.75, 3.05) is 11.9 Å². The summed E-state index contributed by atoms with van der Waals surface area (Å²) in [7, 11) is 0. The minimum Gasteiger partial charge on any atom is -0.487 e. The monoisotopic (exact) mass is 271 g/mol. The van der Waals surface area contributed by atoms with E-state index < -0.39 is 0 Å². The van der Waals surface area contributed by atoms with Gasteiger partial charge in [0.15, 0.2) is 0 Å². The van der Waals surface area contributed by atoms with Crippen molar-refractivity contribution in [1.82, 2.24) is 9.97 Å². The number of para-hydroxylation sites is 1. The molecule has 1 heterocycles. The molecule has 0 spiro atoms. The van der Waals surface area contributed by atoms with Gasteiger partial charge in [0.05, 0.1) is 18.1 Å². The van der Waals surface area contributed by atoms with E-state index in [1.54, 1.807) is 12.4 Å². The van der Waals surface area contributed by atoms with Gasteiger partial charge in [-0.3, -0.25) is 4.98 Å². The third-order valence-corrected chi connectivity index (χ3v) is 2.99. The van der Waals surface area contributed by atoms with Crippen LogP contribution < -0.4 is 10.1 Å². The van der Waals surface area contributed by atoms with Crippen molar-refractivity contribution < 1.29 is 4.74 Å². The summed E-state index contributed by atoms with van der Waals surface area (Å²) in [5.74, 6) is 1.73. The summed E-state index contributed by atoms with van der Waals surface area (Å²) in [5, 5.41) is 3.20. The standard InChI is InChI=1S/C16H21N3O/c1-3-9-17-16-11-18-14(10-19-16)12-20-15-8-6-5-7-13(15)4-2/h5-8,10-11H,3-4,9,12H2,1-2H3,(H,17,19). The summed E-state index contributed by atoms with van der Waals surface area (Å²) in [6.07, 6.45) is 5.54. The van der Waals surface area contributed by atoms with Gasteiger partial charge in [-0.15, -0.1) is 0 Å². The minimum absolute atomic E-state index is 0.443. The molecule has 4 heteroatoms. The van der Waals surface area contributed by atoms with Crippen molar-refractivity contribution in [2.24, 2.45) is 0 Å². The number of benzene rings is 1. The predicted octanol–water partition coefficient (Wildman–Crippen LogP) is 3.44. The smallest absolute Gasteiger partial charge is 0.144 e. The average molecular weight is 271 g/mol. The van der Waals surface area contributed by atoms with Gasteiger partial charge in [0, 0.05) is 6.54 Å². The summed E-state index contributed by atoms with van der Waals surface area (Å²) in [6.45, 7) is 5.59. The molecule has 0 fully saturated rings. The zero-order valence-corrected chi connectivity index (χ0v) is 12.1. The lowest BCUT2D eigenvalue weighted by molar-refractivity contribution is 0.298. The van der Waals surface area contributed by atoms with Gasteiger partial charge in [-0.1, -0.05) is 32.0 Å². The number of hydrogen-bond acceptors (Lipinski definition) is 4. The van der Waals surface area contributed by atoms with Crippen molar-refractivity contribution in [3.05, 3.63) is 47.9 Å². The average Bonchev–Trinajstić information content (AvgIpc) is 2.52. The molecule has 0 bridgehead atoms. The maximum absolute atomic E-state index is 5.81. The zero-order valence-electron chi connectivity index (χ0n) is 12.1. The molecule has 0 amide bonds. The van der Waals surface area contributed by atoms with Crippen LogP contribution in [0.3, 0.4) is 0 Å². The first-order chi connectivity index (χ1) is 9.83. The second-order valence-corrected chi connectivity index (χ2v) is 4.57. The molecule has 2 rings (SSSR count). The Hall–Kier alpha value is -2.10. The highest BCUT2D eigenvalue weighted by Gasteiger charge is 2.02. The van der Waals surface area contributed by atoms with E-state index in [2.05, 4.69) is 35.2 Å². The van der Waals surface area contributed by atoms with Crippen LogP contribution in [0.4, 0.5) is 5.82 Å². The lowest BCUT2D eigenvalue weighted by Crippen LogP contribution is -2.05. The van der Waals surface area contributed by atoms with E-state index in [1.807, 2.05) is 18.2 Å². The molecule has 4 nitrogen and oxygen atoms in total. The van der Waals surface area contributed by atoms with Crippen LogP contribution in [0.2, 0.25) is 0 Å². The van der Waals surface area contributed by atoms with E-state index in [-0.39, 0.29) is 0 Å². The first-order valence-corrected chi connectivity index (χ1v) is 7.09. The van der Waals surface area contributed by atoms with Gasteiger partial charge >= 0.3 is 0 Å². The van der Waals surface area contributed by atoms with Crippen LogP contribution in [-0.2, 0) is 13.0 Å². The largest absolute Gasteiger partial charge is 0.487 e. The first-order valence-electron chi connectivity index (χ1n) is 7.09. The molecular weight excluding hydrogens is 250 g/mol. The van der Waals surface area contributed by atoms with E-state index in [9.17, 15) is 0 Å². The quantitative estimate of drug-likeness (QED) is 0.838. The fraction of sp³-hybridized carbons (Fsp3) is 0.375. The summed E-state index contributed by atoms with van der Waals surface area (Å²) < 4.78 is 5.81. The predicted molar refractivity (Wildman–Crippen MR) is 81.0 cm³/mol. The van der Waals surface area contributed by atoms with Crippen LogP contribution in [0.1, 0.15) is 31.5 Å². The number of ether oxygens (including phenoxy) is 1. The van der Waals surface area contributed by atoms with Gasteiger partial charge < -0.3 is 10.1 Å². The highest BCUT2D eigenvalue weighted by molar-refractivity contribution is 5.33. The summed E-state index contributed by atoms with van der Waals surface area (Å²) >= 11 is 0. The lowest BCUT2D eigenvalue weighted by atomic mass is 10.1. The number of rotatable bonds is 7. The van der Waals surface area contributed by atoms with Crippen LogP contribution in [-0.4, -0.2) is 16.5 Å². The number of hydrogen-bond donors (Lipinski definition) is 1. The molecule has 106 valence electrons. The number of nitrogens with zero attached hydrogens (tertiary/aromatic N) is 2. The van der Waals surface area contributed by atoms with Gasteiger partial charge in [-0.05, 0) is 24.5 Å². The molecule has 1 aromatic heterocycles. The van der Waals surface area contributed by atoms with Crippen molar-refractivity contribution in [3.63, 3.8) is 0 Å². The Morgan fingerprint density at radius 3 is 2.65 bits per heavy atom. The number of nitrogens with one attached hydrogen (secondary N) is 1. The second-order valence-electron chi connectivity index (χ2n) is 4.57. The van der Waals surface area contributed by atoms with Crippen molar-refractivity contribution in [3.8, 4) is 5.75 Å². The van der Waals surface area contributed by atoms with Gasteiger partial charge in [0.2, 0.25) is 0 Å². The number of aromatic nitrogens is 2. The Balaban J connectivity index is 1.93. The molecule has 20 heavy (non-hydrogen) atoms. The molecule has 0 unspecified atom stereocenters. The lowest BCUT2D eigenvalue weighted by Gasteiger charge is -2.10. The SMILES string of the molecule is CCCNc1cnc(COc2ccccc2CC)cn1. The van der Waals surface area contributed by atoms with Gasteiger partial charge in [-0.2, -0.15) is 0 Å². The molecule has 1 N–H and O–H groups in total. The van der Waals surface area contributed by atoms with Crippen LogP contribution in [0, 0.1) is 0 Å². The van der Waals surface area contributed by atoms with Gasteiger partial charge in [0.25, 0.3) is 0 Å². The van der Waals surface area contributed by atoms with Crippen molar-refractivity contribution in [1.29, 1.82) is 0 Å². The number of aryl methyl sites for hydroxylation is 1. The molecule has 0 saturated heterocycles. The molecule has 0 radical (unpaired) electrons. The minimum atomic E-state index is 0.443. The fourth-order valence-electron chi connectivity index (χ4n) is 1.86. The molecule has 1 aromatic carbocycles. The molecule has 0 aliphatic carbocycles. The fourth-order valence-corrected chi connectivity index (χ4v) is 1.86. The Morgan fingerprint density at radius 1 is 1.10 bits per heavy atom. The third kappa shape index (κ3) is 3.95. The van der Waals surface area contributed by atoms with Crippen molar-refractivity contribution >= 4 is 5.82 Å². The first kappa shape index (κ1) is 14.3. The van der Waals surface area contributed by atoms with Crippen LogP contribution in [0.5, 0.6) is 5.75 Å². The van der Waals surface area contributed by atoms with Gasteiger partial charge in [-0.25, -0.2) is 4.98 Å². The zero-order chi connectivity index (χ0) is 14.2. The highest BCUT2D eigenvalue weighted by atomic mass is 16.5. The van der Waals surface area contributed by atoms with Crippen LogP contribution in [0.15, 0.2) is 36.7 Å². The van der Waals surface area contributed by atoms with E-state index >= 15 is 0 Å². The normalized spacial score (nSPS) is 10.3. The molecule has 0 aliphatic heterocycles. The molecule has 2 aromatic rings. The van der Waals surface area contributed by atoms with Crippen LogP contribution >= 0.6 is 0 Å². The summed E-state index contributed by atoms with van der Waals surface area (Å²) in [6, 6.07) is 8.08. The Kier molecular flexibility index (Phi) is 5.35. The summed E-state index contributed by atoms with van der Waals surface area (Å²) in [5.41, 5.74) is 2.04. The Bertz CT molecular complexity index is 526.